The quantitative estimate of drug-likeness (QED) is 0.744. The zero-order valence-corrected chi connectivity index (χ0v) is 15.1. The Labute approximate surface area is 151 Å². The summed E-state index contributed by atoms with van der Waals surface area (Å²) in [6.07, 6.45) is -2.77. The molecule has 2 rings (SSSR count). The van der Waals surface area contributed by atoms with Gasteiger partial charge < -0.3 is 10.1 Å². The Bertz CT molecular complexity index is 756. The minimum absolute atomic E-state index is 0.0935. The number of carbonyl (C=O) groups is 1. The molecule has 0 radical (unpaired) electrons. The van der Waals surface area contributed by atoms with E-state index in [0.29, 0.717) is 29.1 Å². The molecule has 0 spiro atoms. The van der Waals surface area contributed by atoms with E-state index >= 15 is 0 Å². The molecule has 0 saturated carbocycles. The predicted molar refractivity (Wildman–Crippen MR) is 95.6 cm³/mol. The lowest BCUT2D eigenvalue weighted by Crippen LogP contribution is -2.40. The number of amides is 1. The maximum atomic E-state index is 14.3. The van der Waals surface area contributed by atoms with Gasteiger partial charge in [0.1, 0.15) is 5.75 Å². The molecule has 0 aliphatic heterocycles. The first-order chi connectivity index (χ1) is 11.8. The van der Waals surface area contributed by atoms with Crippen LogP contribution in [0.4, 0.5) is 14.5 Å². The van der Waals surface area contributed by atoms with E-state index in [-0.39, 0.29) is 5.75 Å². The van der Waals surface area contributed by atoms with E-state index in [9.17, 15) is 13.6 Å². The lowest BCUT2D eigenvalue weighted by Gasteiger charge is -2.20. The molecule has 2 aromatic rings. The third kappa shape index (κ3) is 4.48. The van der Waals surface area contributed by atoms with E-state index in [1.807, 2.05) is 19.9 Å². The molecule has 0 aliphatic rings. The van der Waals surface area contributed by atoms with Crippen molar-refractivity contribution in [3.05, 3.63) is 58.1 Å². The van der Waals surface area contributed by atoms with Crippen molar-refractivity contribution < 1.29 is 18.3 Å². The predicted octanol–water partition coefficient (Wildman–Crippen LogP) is 5.38. The molecule has 0 fully saturated rings. The van der Waals surface area contributed by atoms with Crippen molar-refractivity contribution in [1.29, 1.82) is 0 Å². The number of ether oxygens (including phenoxy) is 1. The van der Waals surface area contributed by atoms with Gasteiger partial charge in [-0.25, -0.2) is 0 Å². The van der Waals surface area contributed by atoms with Crippen LogP contribution in [0.5, 0.6) is 5.75 Å². The molecule has 1 amide bonds. The highest BCUT2D eigenvalue weighted by Gasteiger charge is 2.43. The first kappa shape index (κ1) is 19.2. The van der Waals surface area contributed by atoms with E-state index in [1.165, 1.54) is 18.2 Å². The highest BCUT2D eigenvalue weighted by Crippen LogP contribution is 2.30. The van der Waals surface area contributed by atoms with Crippen LogP contribution in [0.15, 0.2) is 36.4 Å². The number of rotatable bonds is 6. The van der Waals surface area contributed by atoms with Crippen LogP contribution in [0.3, 0.4) is 0 Å². The number of halogens is 3. The van der Waals surface area contributed by atoms with E-state index in [0.717, 1.165) is 11.1 Å². The second kappa shape index (κ2) is 7.83. The van der Waals surface area contributed by atoms with E-state index in [4.69, 9.17) is 11.6 Å². The maximum Gasteiger partial charge on any atom is 0.482 e. The molecule has 0 bridgehead atoms. The Kier molecular flexibility index (Phi) is 6.01. The lowest BCUT2D eigenvalue weighted by molar-refractivity contribution is -0.187. The van der Waals surface area contributed by atoms with Crippen LogP contribution >= 0.6 is 11.6 Å². The van der Waals surface area contributed by atoms with Gasteiger partial charge in [-0.15, -0.1) is 0 Å². The minimum atomic E-state index is -4.01. The molecule has 2 aromatic carbocycles. The second-order valence-electron chi connectivity index (χ2n) is 5.64. The van der Waals surface area contributed by atoms with Crippen molar-refractivity contribution in [3.63, 3.8) is 0 Å². The summed E-state index contributed by atoms with van der Waals surface area (Å²) in [5.74, 6) is -1.60. The van der Waals surface area contributed by atoms with Gasteiger partial charge in [-0.1, -0.05) is 43.6 Å². The average Bonchev–Trinajstić information content (AvgIpc) is 2.57. The van der Waals surface area contributed by atoms with Crippen LogP contribution in [0.25, 0.3) is 0 Å². The molecule has 0 aromatic heterocycles. The molecule has 0 saturated heterocycles. The standard InChI is InChI=1S/C19H20ClF2NO2/c1-4-13-7-6-8-14(5-2)17(13)23-18(24)19(21,22)25-16-10-9-15(20)11-12(16)3/h6-11H,4-5H2,1-3H3,(H,23,24). The molecule has 134 valence electrons. The van der Waals surface area contributed by atoms with Gasteiger partial charge in [-0.3, -0.25) is 4.79 Å². The Morgan fingerprint density at radius 1 is 1.16 bits per heavy atom. The van der Waals surface area contributed by atoms with Crippen LogP contribution < -0.4 is 10.1 Å². The number of hydrogen-bond donors (Lipinski definition) is 1. The van der Waals surface area contributed by atoms with Gasteiger partial charge in [-0.2, -0.15) is 8.78 Å². The summed E-state index contributed by atoms with van der Waals surface area (Å²) >= 11 is 5.80. The van der Waals surface area contributed by atoms with Crippen LogP contribution in [0.1, 0.15) is 30.5 Å². The van der Waals surface area contributed by atoms with Crippen molar-refractivity contribution in [1.82, 2.24) is 0 Å². The Balaban J connectivity index is 2.25. The highest BCUT2D eigenvalue weighted by atomic mass is 35.5. The van der Waals surface area contributed by atoms with Crippen molar-refractivity contribution in [2.24, 2.45) is 0 Å². The lowest BCUT2D eigenvalue weighted by atomic mass is 10.0. The fraction of sp³-hybridized carbons (Fsp3) is 0.316. The van der Waals surface area contributed by atoms with E-state index in [1.54, 1.807) is 19.1 Å². The minimum Gasteiger partial charge on any atom is -0.425 e. The molecule has 6 heteroatoms. The topological polar surface area (TPSA) is 38.3 Å². The van der Waals surface area contributed by atoms with E-state index < -0.39 is 12.0 Å². The SMILES string of the molecule is CCc1cccc(CC)c1NC(=O)C(F)(F)Oc1ccc(Cl)cc1C. The van der Waals surface area contributed by atoms with Crippen molar-refractivity contribution in [2.45, 2.75) is 39.7 Å². The monoisotopic (exact) mass is 367 g/mol. The number of aryl methyl sites for hydroxylation is 3. The molecular formula is C19H20ClF2NO2. The number of hydrogen-bond acceptors (Lipinski definition) is 2. The first-order valence-corrected chi connectivity index (χ1v) is 8.41. The molecule has 0 heterocycles. The van der Waals surface area contributed by atoms with Gasteiger partial charge in [0.25, 0.3) is 0 Å². The van der Waals surface area contributed by atoms with Gasteiger partial charge in [0, 0.05) is 10.7 Å². The van der Waals surface area contributed by atoms with Gasteiger partial charge in [0.2, 0.25) is 0 Å². The van der Waals surface area contributed by atoms with Crippen molar-refractivity contribution in [2.75, 3.05) is 5.32 Å². The van der Waals surface area contributed by atoms with Crippen molar-refractivity contribution >= 4 is 23.2 Å². The maximum absolute atomic E-state index is 14.3. The first-order valence-electron chi connectivity index (χ1n) is 8.03. The molecule has 1 N–H and O–H groups in total. The Morgan fingerprint density at radius 3 is 2.28 bits per heavy atom. The molecule has 0 unspecified atom stereocenters. The zero-order valence-electron chi connectivity index (χ0n) is 14.3. The molecule has 3 nitrogen and oxygen atoms in total. The van der Waals surface area contributed by atoms with Crippen LogP contribution in [0.2, 0.25) is 5.02 Å². The van der Waals surface area contributed by atoms with Gasteiger partial charge in [-0.05, 0) is 54.7 Å². The van der Waals surface area contributed by atoms with Crippen LogP contribution in [-0.4, -0.2) is 12.0 Å². The summed E-state index contributed by atoms with van der Waals surface area (Å²) in [6, 6.07) is 9.69. The second-order valence-corrected chi connectivity index (χ2v) is 6.08. The van der Waals surface area contributed by atoms with Crippen molar-refractivity contribution in [3.8, 4) is 5.75 Å². The summed E-state index contributed by atoms with van der Waals surface area (Å²) in [5.41, 5.74) is 2.44. The summed E-state index contributed by atoms with van der Waals surface area (Å²) in [5, 5.41) is 2.74. The molecule has 0 aliphatic carbocycles. The summed E-state index contributed by atoms with van der Waals surface area (Å²) in [6.45, 7) is 5.38. The number of para-hydroxylation sites is 1. The number of carbonyl (C=O) groups excluding carboxylic acids is 1. The summed E-state index contributed by atoms with van der Waals surface area (Å²) < 4.78 is 33.2. The summed E-state index contributed by atoms with van der Waals surface area (Å²) in [7, 11) is 0. The third-order valence-corrected chi connectivity index (χ3v) is 4.11. The Morgan fingerprint density at radius 2 is 1.76 bits per heavy atom. The smallest absolute Gasteiger partial charge is 0.425 e. The van der Waals surface area contributed by atoms with E-state index in [2.05, 4.69) is 10.1 Å². The van der Waals surface area contributed by atoms with Crippen LogP contribution in [-0.2, 0) is 17.6 Å². The number of alkyl halides is 2. The van der Waals surface area contributed by atoms with Gasteiger partial charge in [0.05, 0.1) is 0 Å². The fourth-order valence-corrected chi connectivity index (χ4v) is 2.73. The fourth-order valence-electron chi connectivity index (χ4n) is 2.50. The number of benzene rings is 2. The molecule has 0 atom stereocenters. The Hall–Kier alpha value is -2.14. The van der Waals surface area contributed by atoms with Gasteiger partial charge >= 0.3 is 12.0 Å². The number of nitrogens with one attached hydrogen (secondary N) is 1. The zero-order chi connectivity index (χ0) is 18.6. The average molecular weight is 368 g/mol. The largest absolute Gasteiger partial charge is 0.482 e. The van der Waals surface area contributed by atoms with Gasteiger partial charge in [0.15, 0.2) is 0 Å². The number of anilines is 1. The molecule has 25 heavy (non-hydrogen) atoms. The normalized spacial score (nSPS) is 11.3. The van der Waals surface area contributed by atoms with Crippen LogP contribution in [0, 0.1) is 6.92 Å². The molecular weight excluding hydrogens is 348 g/mol. The summed E-state index contributed by atoms with van der Waals surface area (Å²) in [4.78, 5) is 12.1. The highest BCUT2D eigenvalue weighted by molar-refractivity contribution is 6.30. The third-order valence-electron chi connectivity index (χ3n) is 3.88.